The number of guanidine groups is 1. The molecule has 1 fully saturated rings. The third-order valence-electron chi connectivity index (χ3n) is 4.66. The average Bonchev–Trinajstić information content (AvgIpc) is 3.18. The number of hydrogen-bond acceptors (Lipinski definition) is 1. The van der Waals surface area contributed by atoms with Gasteiger partial charge in [0.15, 0.2) is 5.96 Å². The number of nitrogens with zero attached hydrogens (tertiary/aromatic N) is 1. The van der Waals surface area contributed by atoms with Gasteiger partial charge in [-0.1, -0.05) is 31.2 Å². The molecule has 0 saturated heterocycles. The van der Waals surface area contributed by atoms with Crippen molar-refractivity contribution in [3.8, 4) is 0 Å². The summed E-state index contributed by atoms with van der Waals surface area (Å²) in [5.74, 6) is 2.38. The molecule has 3 unspecified atom stereocenters. The first-order valence-corrected chi connectivity index (χ1v) is 7.83. The zero-order chi connectivity index (χ0) is 13.9. The molecule has 20 heavy (non-hydrogen) atoms. The minimum Gasteiger partial charge on any atom is -0.356 e. The molecule has 0 aliphatic heterocycles. The van der Waals surface area contributed by atoms with Crippen molar-refractivity contribution in [2.75, 3.05) is 13.6 Å². The minimum atomic E-state index is 0.620. The first-order valence-electron chi connectivity index (χ1n) is 7.83. The molecule has 108 valence electrons. The summed E-state index contributed by atoms with van der Waals surface area (Å²) in [7, 11) is 1.86. The summed E-state index contributed by atoms with van der Waals surface area (Å²) in [4.78, 5) is 4.34. The smallest absolute Gasteiger partial charge is 0.191 e. The Morgan fingerprint density at radius 3 is 2.90 bits per heavy atom. The van der Waals surface area contributed by atoms with E-state index in [0.717, 1.165) is 18.4 Å². The molecule has 2 aliphatic rings. The number of fused-ring (bicyclic) bond motifs is 1. The van der Waals surface area contributed by atoms with E-state index in [1.54, 1.807) is 0 Å². The van der Waals surface area contributed by atoms with Crippen molar-refractivity contribution in [1.29, 1.82) is 0 Å². The molecule has 0 aromatic heterocycles. The fraction of sp³-hybridized carbons (Fsp3) is 0.588. The van der Waals surface area contributed by atoms with Gasteiger partial charge in [0.1, 0.15) is 0 Å². The van der Waals surface area contributed by atoms with E-state index in [9.17, 15) is 0 Å². The third-order valence-corrected chi connectivity index (χ3v) is 4.66. The van der Waals surface area contributed by atoms with Gasteiger partial charge in [-0.25, -0.2) is 0 Å². The van der Waals surface area contributed by atoms with Gasteiger partial charge in [0.2, 0.25) is 0 Å². The standard InChI is InChI=1S/C17H25N3/c1-12-10-16(12)20-17(18-2)19-11-14-8-5-7-13-6-3-4-9-15(13)14/h3-4,6,9,12,14,16H,5,7-8,10-11H2,1-2H3,(H2,18,19,20). The van der Waals surface area contributed by atoms with Crippen LogP contribution in [0.15, 0.2) is 29.3 Å². The molecule has 1 aromatic carbocycles. The van der Waals surface area contributed by atoms with Crippen LogP contribution in [0.3, 0.4) is 0 Å². The highest BCUT2D eigenvalue weighted by Crippen LogP contribution is 2.31. The van der Waals surface area contributed by atoms with Gasteiger partial charge in [-0.05, 0) is 42.7 Å². The van der Waals surface area contributed by atoms with E-state index < -0.39 is 0 Å². The second kappa shape index (κ2) is 5.86. The van der Waals surface area contributed by atoms with Gasteiger partial charge in [-0.15, -0.1) is 0 Å². The summed E-state index contributed by atoms with van der Waals surface area (Å²) < 4.78 is 0. The molecular weight excluding hydrogens is 246 g/mol. The summed E-state index contributed by atoms with van der Waals surface area (Å²) in [6.07, 6.45) is 5.09. The van der Waals surface area contributed by atoms with Crippen molar-refractivity contribution < 1.29 is 0 Å². The fourth-order valence-corrected chi connectivity index (χ4v) is 3.18. The molecule has 3 nitrogen and oxygen atoms in total. The highest BCUT2D eigenvalue weighted by atomic mass is 15.2. The van der Waals surface area contributed by atoms with Crippen LogP contribution < -0.4 is 10.6 Å². The molecule has 0 amide bonds. The van der Waals surface area contributed by atoms with Gasteiger partial charge in [0.05, 0.1) is 0 Å². The van der Waals surface area contributed by atoms with Gasteiger partial charge < -0.3 is 10.6 Å². The van der Waals surface area contributed by atoms with Gasteiger partial charge in [0.25, 0.3) is 0 Å². The quantitative estimate of drug-likeness (QED) is 0.655. The molecular formula is C17H25N3. The number of benzene rings is 1. The first kappa shape index (κ1) is 13.5. The molecule has 3 rings (SSSR count). The third kappa shape index (κ3) is 2.97. The van der Waals surface area contributed by atoms with Crippen molar-refractivity contribution in [2.45, 2.75) is 44.6 Å². The van der Waals surface area contributed by atoms with E-state index in [2.05, 4.69) is 46.8 Å². The average molecular weight is 271 g/mol. The van der Waals surface area contributed by atoms with Crippen LogP contribution in [0.25, 0.3) is 0 Å². The van der Waals surface area contributed by atoms with Crippen LogP contribution in [-0.4, -0.2) is 25.6 Å². The van der Waals surface area contributed by atoms with Gasteiger partial charge in [-0.2, -0.15) is 0 Å². The van der Waals surface area contributed by atoms with Crippen molar-refractivity contribution in [1.82, 2.24) is 10.6 Å². The zero-order valence-corrected chi connectivity index (χ0v) is 12.5. The Morgan fingerprint density at radius 1 is 1.35 bits per heavy atom. The lowest BCUT2D eigenvalue weighted by Gasteiger charge is -2.26. The highest BCUT2D eigenvalue weighted by Gasteiger charge is 2.33. The number of nitrogens with one attached hydrogen (secondary N) is 2. The molecule has 0 spiro atoms. The van der Waals surface area contributed by atoms with E-state index in [0.29, 0.717) is 12.0 Å². The highest BCUT2D eigenvalue weighted by molar-refractivity contribution is 5.80. The zero-order valence-electron chi connectivity index (χ0n) is 12.5. The first-order chi connectivity index (χ1) is 9.78. The van der Waals surface area contributed by atoms with E-state index in [4.69, 9.17) is 0 Å². The number of aryl methyl sites for hydroxylation is 1. The van der Waals surface area contributed by atoms with Crippen LogP contribution in [0.1, 0.15) is 43.2 Å². The Balaban J connectivity index is 1.58. The van der Waals surface area contributed by atoms with E-state index >= 15 is 0 Å². The summed E-state index contributed by atoms with van der Waals surface area (Å²) in [5.41, 5.74) is 3.06. The van der Waals surface area contributed by atoms with E-state index in [1.165, 1.54) is 36.8 Å². The predicted molar refractivity (Wildman–Crippen MR) is 84.2 cm³/mol. The molecule has 3 atom stereocenters. The molecule has 1 aromatic rings. The largest absolute Gasteiger partial charge is 0.356 e. The van der Waals surface area contributed by atoms with Crippen LogP contribution in [0, 0.1) is 5.92 Å². The monoisotopic (exact) mass is 271 g/mol. The van der Waals surface area contributed by atoms with Crippen LogP contribution in [-0.2, 0) is 6.42 Å². The number of aliphatic imine (C=N–C) groups is 1. The van der Waals surface area contributed by atoms with E-state index in [-0.39, 0.29) is 0 Å². The maximum atomic E-state index is 4.34. The van der Waals surface area contributed by atoms with Crippen molar-refractivity contribution in [3.05, 3.63) is 35.4 Å². The molecule has 0 radical (unpaired) electrons. The second-order valence-corrected chi connectivity index (χ2v) is 6.20. The van der Waals surface area contributed by atoms with E-state index in [1.807, 2.05) is 7.05 Å². The molecule has 3 heteroatoms. The lowest BCUT2D eigenvalue weighted by Crippen LogP contribution is -2.41. The topological polar surface area (TPSA) is 36.4 Å². The van der Waals surface area contributed by atoms with Crippen molar-refractivity contribution in [3.63, 3.8) is 0 Å². The lowest BCUT2D eigenvalue weighted by atomic mass is 9.83. The SMILES string of the molecule is CN=C(NCC1CCCc2ccccc21)NC1CC1C. The Kier molecular flexibility index (Phi) is 3.95. The van der Waals surface area contributed by atoms with Crippen LogP contribution >= 0.6 is 0 Å². The van der Waals surface area contributed by atoms with Crippen molar-refractivity contribution in [2.24, 2.45) is 10.9 Å². The predicted octanol–water partition coefficient (Wildman–Crippen LogP) is 2.68. The fourth-order valence-electron chi connectivity index (χ4n) is 3.18. The molecule has 0 bridgehead atoms. The van der Waals surface area contributed by atoms with Gasteiger partial charge in [0, 0.05) is 25.6 Å². The van der Waals surface area contributed by atoms with Crippen LogP contribution in [0.5, 0.6) is 0 Å². The maximum Gasteiger partial charge on any atom is 0.191 e. The number of rotatable bonds is 3. The van der Waals surface area contributed by atoms with Crippen molar-refractivity contribution >= 4 is 5.96 Å². The Bertz CT molecular complexity index is 495. The summed E-state index contributed by atoms with van der Waals surface area (Å²) >= 11 is 0. The van der Waals surface area contributed by atoms with Gasteiger partial charge >= 0.3 is 0 Å². The second-order valence-electron chi connectivity index (χ2n) is 6.20. The maximum absolute atomic E-state index is 4.34. The number of hydrogen-bond donors (Lipinski definition) is 2. The molecule has 2 aliphatic carbocycles. The normalized spacial score (nSPS) is 28.7. The van der Waals surface area contributed by atoms with Crippen LogP contribution in [0.2, 0.25) is 0 Å². The Labute approximate surface area is 121 Å². The summed E-state index contributed by atoms with van der Waals surface area (Å²) in [6.45, 7) is 3.26. The van der Waals surface area contributed by atoms with Gasteiger partial charge in [-0.3, -0.25) is 4.99 Å². The molecule has 1 saturated carbocycles. The Morgan fingerprint density at radius 2 is 2.15 bits per heavy atom. The molecule has 0 heterocycles. The lowest BCUT2D eigenvalue weighted by molar-refractivity contribution is 0.539. The Hall–Kier alpha value is -1.51. The minimum absolute atomic E-state index is 0.620. The summed E-state index contributed by atoms with van der Waals surface area (Å²) in [5, 5.41) is 7.00. The molecule has 2 N–H and O–H groups in total. The van der Waals surface area contributed by atoms with Crippen LogP contribution in [0.4, 0.5) is 0 Å². The summed E-state index contributed by atoms with van der Waals surface area (Å²) in [6, 6.07) is 9.51.